The molecular weight excluding hydrogens is 568 g/mol. The van der Waals surface area contributed by atoms with Crippen LogP contribution in [0.15, 0.2) is 72.8 Å². The summed E-state index contributed by atoms with van der Waals surface area (Å²) in [6, 6.07) is 24.0. The number of carboxylic acid groups (broad SMARTS) is 1. The van der Waals surface area contributed by atoms with E-state index in [1.54, 1.807) is 0 Å². The van der Waals surface area contributed by atoms with E-state index < -0.39 is 12.3 Å². The molecule has 0 saturated carbocycles. The average molecular weight is 615 g/mol. The fraction of sp³-hybridized carbons (Fsp3) is 0.447. The Labute approximate surface area is 266 Å². The zero-order valence-corrected chi connectivity index (χ0v) is 26.4. The smallest absolute Gasteiger partial charge is 0.309 e. The normalized spacial score (nSPS) is 13.9. The third-order valence-electron chi connectivity index (χ3n) is 8.22. The summed E-state index contributed by atoms with van der Waals surface area (Å²) in [7, 11) is 0. The van der Waals surface area contributed by atoms with E-state index in [0.29, 0.717) is 44.5 Å². The highest BCUT2D eigenvalue weighted by molar-refractivity contribution is 5.99. The lowest BCUT2D eigenvalue weighted by atomic mass is 9.85. The summed E-state index contributed by atoms with van der Waals surface area (Å²) in [5.74, 6) is -0.296. The molecule has 1 aliphatic carbocycles. The topological polar surface area (TPSA) is 99.1 Å². The van der Waals surface area contributed by atoms with Crippen LogP contribution in [0.5, 0.6) is 5.75 Å². The fourth-order valence-corrected chi connectivity index (χ4v) is 5.82. The van der Waals surface area contributed by atoms with Crippen LogP contribution in [0.25, 0.3) is 0 Å². The quantitative estimate of drug-likeness (QED) is 0.0839. The second-order valence-electron chi connectivity index (χ2n) is 11.8. The van der Waals surface area contributed by atoms with Crippen LogP contribution in [0.4, 0.5) is 0 Å². The Balaban J connectivity index is 1.45. The molecule has 7 heteroatoms. The van der Waals surface area contributed by atoms with Gasteiger partial charge in [-0.15, -0.1) is 0 Å². The number of aryl methyl sites for hydroxylation is 2. The Morgan fingerprint density at radius 1 is 0.800 bits per heavy atom. The Bertz CT molecular complexity index is 1370. The lowest BCUT2D eigenvalue weighted by Crippen LogP contribution is -2.26. The van der Waals surface area contributed by atoms with Gasteiger partial charge in [-0.1, -0.05) is 60.7 Å². The van der Waals surface area contributed by atoms with Crippen LogP contribution in [-0.2, 0) is 44.7 Å². The van der Waals surface area contributed by atoms with Crippen molar-refractivity contribution in [1.82, 2.24) is 0 Å². The summed E-state index contributed by atoms with van der Waals surface area (Å²) in [6.07, 6.45) is 7.25. The van der Waals surface area contributed by atoms with Crippen LogP contribution in [0.2, 0.25) is 0 Å². The van der Waals surface area contributed by atoms with Crippen molar-refractivity contribution in [2.75, 3.05) is 6.61 Å². The first-order valence-corrected chi connectivity index (χ1v) is 16.3. The second kappa shape index (κ2) is 18.1. The Morgan fingerprint density at radius 2 is 1.51 bits per heavy atom. The van der Waals surface area contributed by atoms with Crippen molar-refractivity contribution in [3.63, 3.8) is 0 Å². The number of carbonyl (C=O) groups is 3. The minimum absolute atomic E-state index is 0.0588. The molecule has 2 unspecified atom stereocenters. The maximum absolute atomic E-state index is 13.0. The van der Waals surface area contributed by atoms with Crippen LogP contribution in [-0.4, -0.2) is 41.8 Å². The number of aliphatic carboxylic acids is 1. The molecule has 240 valence electrons. The van der Waals surface area contributed by atoms with E-state index >= 15 is 0 Å². The number of hydrogen-bond donors (Lipinski definition) is 1. The summed E-state index contributed by atoms with van der Waals surface area (Å²) in [5.41, 5.74) is 5.23. The minimum Gasteiger partial charge on any atom is -0.481 e. The lowest BCUT2D eigenvalue weighted by molar-refractivity contribution is -0.164. The van der Waals surface area contributed by atoms with Gasteiger partial charge in [0.2, 0.25) is 6.29 Å². The lowest BCUT2D eigenvalue weighted by Gasteiger charge is -2.25. The number of carbonyl (C=O) groups excluding carboxylic acids is 2. The standard InChI is InChI=1S/C38H46O7/c1-28(43-27-11-21-36(40)41)12-8-22-38(45-37(42)26-23-30-15-6-3-7-16-30)44-35-25-24-32-31(18-10-20-34(32)39)33(35)19-9-17-29-13-4-2-5-14-29/h2-7,13-16,24-25,28,38H,8-12,17-23,26-27H2,1H3,(H,40,41). The van der Waals surface area contributed by atoms with Crippen LogP contribution in [0.3, 0.4) is 0 Å². The maximum atomic E-state index is 13.0. The van der Waals surface area contributed by atoms with Gasteiger partial charge in [0.25, 0.3) is 0 Å². The summed E-state index contributed by atoms with van der Waals surface area (Å²) in [5, 5.41) is 8.85. The minimum atomic E-state index is -0.827. The van der Waals surface area contributed by atoms with Gasteiger partial charge in [0.15, 0.2) is 5.78 Å². The van der Waals surface area contributed by atoms with Gasteiger partial charge in [-0.25, -0.2) is 0 Å². The molecule has 0 spiro atoms. The molecule has 7 nitrogen and oxygen atoms in total. The molecule has 0 bridgehead atoms. The number of benzene rings is 3. The number of Topliss-reactive ketones (excluding diaryl/α,β-unsaturated/α-hetero) is 1. The molecule has 0 aliphatic heterocycles. The monoisotopic (exact) mass is 614 g/mol. The van der Waals surface area contributed by atoms with Crippen molar-refractivity contribution in [3.05, 3.63) is 101 Å². The molecular formula is C38H46O7. The van der Waals surface area contributed by atoms with Crippen LogP contribution >= 0.6 is 0 Å². The van der Waals surface area contributed by atoms with Gasteiger partial charge in [0, 0.05) is 37.9 Å². The van der Waals surface area contributed by atoms with E-state index in [4.69, 9.17) is 19.3 Å². The number of hydrogen-bond acceptors (Lipinski definition) is 6. The number of ketones is 1. The van der Waals surface area contributed by atoms with E-state index in [9.17, 15) is 14.4 Å². The van der Waals surface area contributed by atoms with E-state index in [2.05, 4.69) is 12.1 Å². The first-order valence-electron chi connectivity index (χ1n) is 16.3. The Kier molecular flexibility index (Phi) is 13.6. The van der Waals surface area contributed by atoms with Gasteiger partial charge in [-0.3, -0.25) is 14.4 Å². The van der Waals surface area contributed by atoms with Crippen molar-refractivity contribution in [2.45, 2.75) is 103 Å². The number of carboxylic acids is 1. The van der Waals surface area contributed by atoms with Gasteiger partial charge >= 0.3 is 11.9 Å². The van der Waals surface area contributed by atoms with Crippen LogP contribution in [0, 0.1) is 0 Å². The van der Waals surface area contributed by atoms with Crippen molar-refractivity contribution >= 4 is 17.7 Å². The zero-order valence-electron chi connectivity index (χ0n) is 26.4. The molecule has 45 heavy (non-hydrogen) atoms. The molecule has 0 fully saturated rings. The summed E-state index contributed by atoms with van der Waals surface area (Å²) >= 11 is 0. The van der Waals surface area contributed by atoms with E-state index in [-0.39, 0.29) is 30.7 Å². The second-order valence-corrected chi connectivity index (χ2v) is 11.8. The number of fused-ring (bicyclic) bond motifs is 1. The molecule has 0 radical (unpaired) electrons. The first kappa shape index (κ1) is 33.9. The molecule has 0 saturated heterocycles. The van der Waals surface area contributed by atoms with Gasteiger partial charge in [-0.05, 0) is 99.1 Å². The highest BCUT2D eigenvalue weighted by atomic mass is 16.7. The summed E-state index contributed by atoms with van der Waals surface area (Å²) in [6.45, 7) is 2.36. The number of rotatable bonds is 19. The van der Waals surface area contributed by atoms with Gasteiger partial charge < -0.3 is 19.3 Å². The number of ether oxygens (including phenoxy) is 3. The van der Waals surface area contributed by atoms with Crippen LogP contribution in [0.1, 0.15) is 97.3 Å². The molecule has 1 N–H and O–H groups in total. The van der Waals surface area contributed by atoms with Gasteiger partial charge in [-0.2, -0.15) is 0 Å². The highest BCUT2D eigenvalue weighted by Gasteiger charge is 2.25. The zero-order chi connectivity index (χ0) is 31.9. The molecule has 0 amide bonds. The third-order valence-corrected chi connectivity index (χ3v) is 8.22. The average Bonchev–Trinajstić information content (AvgIpc) is 3.04. The first-order chi connectivity index (χ1) is 21.9. The maximum Gasteiger partial charge on any atom is 0.309 e. The van der Waals surface area contributed by atoms with E-state index in [1.807, 2.05) is 67.6 Å². The summed E-state index contributed by atoms with van der Waals surface area (Å²) in [4.78, 5) is 36.6. The summed E-state index contributed by atoms with van der Waals surface area (Å²) < 4.78 is 18.3. The van der Waals surface area contributed by atoms with Crippen molar-refractivity contribution in [1.29, 1.82) is 0 Å². The van der Waals surface area contributed by atoms with Crippen molar-refractivity contribution < 1.29 is 33.7 Å². The van der Waals surface area contributed by atoms with Gasteiger partial charge in [0.05, 0.1) is 6.10 Å². The SMILES string of the molecule is CC(CCCC(OC(=O)CCc1ccccc1)Oc1ccc2c(c1CCCc1ccccc1)CCCC2=O)OCCCC(=O)O. The predicted octanol–water partition coefficient (Wildman–Crippen LogP) is 7.70. The largest absolute Gasteiger partial charge is 0.481 e. The predicted molar refractivity (Wildman–Crippen MR) is 174 cm³/mol. The molecule has 2 atom stereocenters. The van der Waals surface area contributed by atoms with Gasteiger partial charge in [0.1, 0.15) is 5.75 Å². The fourth-order valence-electron chi connectivity index (χ4n) is 5.82. The molecule has 3 aromatic carbocycles. The Morgan fingerprint density at radius 3 is 2.22 bits per heavy atom. The molecule has 0 heterocycles. The molecule has 4 rings (SSSR count). The molecule has 3 aromatic rings. The number of esters is 1. The van der Waals surface area contributed by atoms with E-state index in [1.165, 1.54) is 5.56 Å². The molecule has 0 aromatic heterocycles. The highest BCUT2D eigenvalue weighted by Crippen LogP contribution is 2.34. The third kappa shape index (κ3) is 11.5. The van der Waals surface area contributed by atoms with Crippen LogP contribution < -0.4 is 4.74 Å². The van der Waals surface area contributed by atoms with E-state index in [0.717, 1.165) is 60.8 Å². The van der Waals surface area contributed by atoms with Crippen molar-refractivity contribution in [2.24, 2.45) is 0 Å². The molecule has 1 aliphatic rings. The Hall–Kier alpha value is -3.97. The van der Waals surface area contributed by atoms with Crippen molar-refractivity contribution in [3.8, 4) is 5.75 Å².